The quantitative estimate of drug-likeness (QED) is 0.920. The van der Waals surface area contributed by atoms with Crippen molar-refractivity contribution in [3.8, 4) is 0 Å². The van der Waals surface area contributed by atoms with E-state index in [1.165, 1.54) is 4.90 Å². The van der Waals surface area contributed by atoms with E-state index in [1.54, 1.807) is 36.5 Å². The van der Waals surface area contributed by atoms with Gasteiger partial charge in [0.1, 0.15) is 0 Å². The fraction of sp³-hybridized carbons (Fsp3) is 0.533. The third-order valence-corrected chi connectivity index (χ3v) is 4.03. The molecule has 1 N–H and O–H groups in total. The van der Waals surface area contributed by atoms with Crippen molar-refractivity contribution in [2.24, 2.45) is 5.92 Å². The van der Waals surface area contributed by atoms with Gasteiger partial charge in [-0.3, -0.25) is 9.78 Å². The van der Waals surface area contributed by atoms with Crippen LogP contribution in [0.5, 0.6) is 0 Å². The number of hydrogen-bond donors (Lipinski definition) is 1. The Bertz CT molecular complexity index is 484. The van der Waals surface area contributed by atoms with E-state index in [0.29, 0.717) is 31.1 Å². The van der Waals surface area contributed by atoms with E-state index in [1.807, 2.05) is 0 Å². The number of amides is 2. The molecule has 0 unspecified atom stereocenters. The first kappa shape index (κ1) is 15.3. The fourth-order valence-electron chi connectivity index (χ4n) is 2.61. The Morgan fingerprint density at radius 2 is 1.95 bits per heavy atom. The monoisotopic (exact) mass is 291 g/mol. The molecule has 2 rings (SSSR count). The van der Waals surface area contributed by atoms with Crippen molar-refractivity contribution in [1.29, 1.82) is 0 Å². The maximum Gasteiger partial charge on any atom is 0.407 e. The normalized spacial score (nSPS) is 15.8. The van der Waals surface area contributed by atoms with Crippen LogP contribution in [-0.4, -0.2) is 58.6 Å². The van der Waals surface area contributed by atoms with Crippen molar-refractivity contribution in [3.63, 3.8) is 0 Å². The lowest BCUT2D eigenvalue weighted by Gasteiger charge is -2.31. The van der Waals surface area contributed by atoms with Gasteiger partial charge in [0.2, 0.25) is 0 Å². The van der Waals surface area contributed by atoms with Crippen LogP contribution in [0.3, 0.4) is 0 Å². The summed E-state index contributed by atoms with van der Waals surface area (Å²) in [5.41, 5.74) is 0.646. The largest absolute Gasteiger partial charge is 0.465 e. The lowest BCUT2D eigenvalue weighted by Crippen LogP contribution is -2.38. The number of carbonyl (C=O) groups is 2. The van der Waals surface area contributed by atoms with E-state index in [0.717, 1.165) is 19.3 Å². The van der Waals surface area contributed by atoms with Crippen molar-refractivity contribution in [2.45, 2.75) is 19.3 Å². The smallest absolute Gasteiger partial charge is 0.407 e. The van der Waals surface area contributed by atoms with Crippen LogP contribution in [0, 0.1) is 5.92 Å². The second-order valence-electron chi connectivity index (χ2n) is 5.46. The molecule has 0 aliphatic carbocycles. The summed E-state index contributed by atoms with van der Waals surface area (Å²) < 4.78 is 0. The summed E-state index contributed by atoms with van der Waals surface area (Å²) in [5.74, 6) is 0.494. The van der Waals surface area contributed by atoms with Crippen LogP contribution in [0.1, 0.15) is 29.6 Å². The summed E-state index contributed by atoms with van der Waals surface area (Å²) in [6.45, 7) is 1.89. The molecule has 0 bridgehead atoms. The first-order valence-electron chi connectivity index (χ1n) is 7.21. The zero-order chi connectivity index (χ0) is 15.2. The van der Waals surface area contributed by atoms with E-state index >= 15 is 0 Å². The molecule has 0 aromatic carbocycles. The highest BCUT2D eigenvalue weighted by atomic mass is 16.4. The van der Waals surface area contributed by atoms with Gasteiger partial charge in [-0.2, -0.15) is 0 Å². The highest BCUT2D eigenvalue weighted by Crippen LogP contribution is 2.21. The predicted molar refractivity (Wildman–Crippen MR) is 78.1 cm³/mol. The Hall–Kier alpha value is -2.11. The van der Waals surface area contributed by atoms with Gasteiger partial charge in [-0.05, 0) is 37.3 Å². The van der Waals surface area contributed by atoms with Gasteiger partial charge in [-0.1, -0.05) is 0 Å². The molecule has 2 amide bonds. The van der Waals surface area contributed by atoms with Gasteiger partial charge in [0.05, 0.1) is 0 Å². The Balaban J connectivity index is 1.76. The zero-order valence-corrected chi connectivity index (χ0v) is 12.2. The van der Waals surface area contributed by atoms with Crippen molar-refractivity contribution in [3.05, 3.63) is 30.1 Å². The molecule has 114 valence electrons. The third kappa shape index (κ3) is 4.18. The molecule has 1 saturated heterocycles. The summed E-state index contributed by atoms with van der Waals surface area (Å²) in [6, 6.07) is 3.42. The summed E-state index contributed by atoms with van der Waals surface area (Å²) in [4.78, 5) is 30.1. The van der Waals surface area contributed by atoms with Gasteiger partial charge in [-0.15, -0.1) is 0 Å². The third-order valence-electron chi connectivity index (χ3n) is 4.03. The van der Waals surface area contributed by atoms with Gasteiger partial charge in [0.15, 0.2) is 0 Å². The Morgan fingerprint density at radius 3 is 2.52 bits per heavy atom. The average molecular weight is 291 g/mol. The van der Waals surface area contributed by atoms with Crippen LogP contribution in [-0.2, 0) is 0 Å². The minimum atomic E-state index is -0.835. The number of carbonyl (C=O) groups excluding carboxylic acids is 1. The zero-order valence-electron chi connectivity index (χ0n) is 12.2. The van der Waals surface area contributed by atoms with Crippen LogP contribution in [0.25, 0.3) is 0 Å². The summed E-state index contributed by atoms with van der Waals surface area (Å²) in [6.07, 6.45) is 5.07. The van der Waals surface area contributed by atoms with Crippen molar-refractivity contribution in [2.75, 3.05) is 26.7 Å². The summed E-state index contributed by atoms with van der Waals surface area (Å²) in [7, 11) is 1.80. The van der Waals surface area contributed by atoms with E-state index in [4.69, 9.17) is 5.11 Å². The Labute approximate surface area is 124 Å². The molecule has 0 saturated carbocycles. The summed E-state index contributed by atoms with van der Waals surface area (Å²) in [5, 5.41) is 8.91. The minimum absolute atomic E-state index is 0.000344. The Morgan fingerprint density at radius 1 is 1.33 bits per heavy atom. The number of likely N-dealkylation sites (tertiary alicyclic amines) is 1. The molecule has 6 nitrogen and oxygen atoms in total. The molecule has 21 heavy (non-hydrogen) atoms. The number of carboxylic acid groups (broad SMARTS) is 1. The van der Waals surface area contributed by atoms with Crippen LogP contribution in [0.2, 0.25) is 0 Å². The van der Waals surface area contributed by atoms with E-state index in [2.05, 4.69) is 4.98 Å². The number of pyridine rings is 1. The molecule has 0 atom stereocenters. The highest BCUT2D eigenvalue weighted by molar-refractivity contribution is 5.93. The molecular weight excluding hydrogens is 270 g/mol. The minimum Gasteiger partial charge on any atom is -0.465 e. The topological polar surface area (TPSA) is 73.7 Å². The number of piperidine rings is 1. The van der Waals surface area contributed by atoms with Crippen LogP contribution in [0.4, 0.5) is 4.79 Å². The van der Waals surface area contributed by atoms with Crippen LogP contribution in [0.15, 0.2) is 24.5 Å². The van der Waals surface area contributed by atoms with Crippen LogP contribution >= 0.6 is 0 Å². The number of rotatable bonds is 4. The number of aromatic nitrogens is 1. The van der Waals surface area contributed by atoms with Gasteiger partial charge >= 0.3 is 6.09 Å². The molecule has 0 radical (unpaired) electrons. The first-order chi connectivity index (χ1) is 10.1. The fourth-order valence-corrected chi connectivity index (χ4v) is 2.61. The second kappa shape index (κ2) is 7.06. The summed E-state index contributed by atoms with van der Waals surface area (Å²) >= 11 is 0. The lowest BCUT2D eigenvalue weighted by atomic mass is 9.93. The first-order valence-corrected chi connectivity index (χ1v) is 7.21. The number of nitrogens with zero attached hydrogens (tertiary/aromatic N) is 3. The highest BCUT2D eigenvalue weighted by Gasteiger charge is 2.22. The SMILES string of the molecule is CN(CCC1CCN(C(=O)O)CC1)C(=O)c1ccncc1. The van der Waals surface area contributed by atoms with E-state index < -0.39 is 6.09 Å². The maximum absolute atomic E-state index is 12.2. The van der Waals surface area contributed by atoms with Crippen molar-refractivity contribution in [1.82, 2.24) is 14.8 Å². The van der Waals surface area contributed by atoms with Crippen molar-refractivity contribution >= 4 is 12.0 Å². The molecule has 2 heterocycles. The van der Waals surface area contributed by atoms with Gasteiger partial charge < -0.3 is 14.9 Å². The van der Waals surface area contributed by atoms with Crippen molar-refractivity contribution < 1.29 is 14.7 Å². The van der Waals surface area contributed by atoms with Gasteiger partial charge in [-0.25, -0.2) is 4.79 Å². The van der Waals surface area contributed by atoms with E-state index in [9.17, 15) is 9.59 Å². The molecule has 1 fully saturated rings. The van der Waals surface area contributed by atoms with Gasteiger partial charge in [0, 0.05) is 44.6 Å². The molecule has 1 aromatic rings. The molecule has 6 heteroatoms. The predicted octanol–water partition coefficient (Wildman–Crippen LogP) is 1.93. The second-order valence-corrected chi connectivity index (χ2v) is 5.46. The van der Waals surface area contributed by atoms with Gasteiger partial charge in [0.25, 0.3) is 5.91 Å². The maximum atomic E-state index is 12.2. The molecular formula is C15H21N3O3. The lowest BCUT2D eigenvalue weighted by molar-refractivity contribution is 0.0777. The Kier molecular flexibility index (Phi) is 5.14. The molecule has 1 aliphatic rings. The molecule has 1 aliphatic heterocycles. The molecule has 0 spiro atoms. The number of hydrogen-bond acceptors (Lipinski definition) is 3. The van der Waals surface area contributed by atoms with Crippen LogP contribution < -0.4 is 0 Å². The standard InChI is InChI=1S/C15H21N3O3/c1-17(14(19)13-2-7-16-8-3-13)9-4-12-5-10-18(11-6-12)15(20)21/h2-3,7-8,12H,4-6,9-11H2,1H3,(H,20,21). The molecule has 1 aromatic heterocycles. The average Bonchev–Trinajstić information content (AvgIpc) is 2.53. The van der Waals surface area contributed by atoms with E-state index in [-0.39, 0.29) is 5.91 Å².